The molecule has 0 atom stereocenters. The van der Waals surface area contributed by atoms with E-state index in [-0.39, 0.29) is 16.1 Å². The van der Waals surface area contributed by atoms with Gasteiger partial charge in [-0.15, -0.1) is 0 Å². The lowest BCUT2D eigenvalue weighted by molar-refractivity contribution is 0.0999. The number of alkyl halides is 2. The normalized spacial score (nSPS) is 10.7. The van der Waals surface area contributed by atoms with E-state index in [1.165, 1.54) is 13.0 Å². The molecule has 0 radical (unpaired) electrons. The topological polar surface area (TPSA) is 17.1 Å². The number of carbonyl (C=O) groups excluding carboxylic acids is 1. The number of hydrogen-bond acceptors (Lipinski definition) is 1. The molecule has 0 aliphatic rings. The van der Waals surface area contributed by atoms with Crippen molar-refractivity contribution in [2.45, 2.75) is 13.3 Å². The summed E-state index contributed by atoms with van der Waals surface area (Å²) >= 11 is 7.54. The molecule has 0 aliphatic carbocycles. The zero-order valence-corrected chi connectivity index (χ0v) is 10.1. The molecule has 0 amide bonds. The number of hydrogen-bond donors (Lipinski definition) is 0. The van der Waals surface area contributed by atoms with Gasteiger partial charge in [-0.25, -0.2) is 8.78 Å². The Labute approximate surface area is 98.6 Å². The van der Waals surface area contributed by atoms with Crippen molar-refractivity contribution in [3.05, 3.63) is 31.9 Å². The monoisotopic (exact) mass is 330 g/mol. The maximum absolute atomic E-state index is 12.6. The highest BCUT2D eigenvalue weighted by molar-refractivity contribution is 14.1. The molecule has 0 heterocycles. The van der Waals surface area contributed by atoms with Crippen molar-refractivity contribution >= 4 is 40.0 Å². The SMILES string of the molecule is CC(=O)c1ccc(I)c(Cl)c1C(F)F. The van der Waals surface area contributed by atoms with Crippen molar-refractivity contribution in [3.8, 4) is 0 Å². The lowest BCUT2D eigenvalue weighted by atomic mass is 10.0. The van der Waals surface area contributed by atoms with Crippen LogP contribution in [-0.4, -0.2) is 5.78 Å². The third kappa shape index (κ3) is 2.23. The molecule has 1 nitrogen and oxygen atoms in total. The summed E-state index contributed by atoms with van der Waals surface area (Å²) in [5.74, 6) is -0.404. The van der Waals surface area contributed by atoms with E-state index in [0.29, 0.717) is 3.57 Å². The maximum atomic E-state index is 12.6. The number of Topliss-reactive ketones (excluding diaryl/α,β-unsaturated/α-hetero) is 1. The van der Waals surface area contributed by atoms with Crippen LogP contribution < -0.4 is 0 Å². The fraction of sp³-hybridized carbons (Fsp3) is 0.222. The largest absolute Gasteiger partial charge is 0.294 e. The Morgan fingerprint density at radius 2 is 2.07 bits per heavy atom. The number of carbonyl (C=O) groups is 1. The minimum atomic E-state index is -2.73. The van der Waals surface area contributed by atoms with Crippen molar-refractivity contribution in [3.63, 3.8) is 0 Å². The van der Waals surface area contributed by atoms with E-state index in [1.54, 1.807) is 6.07 Å². The van der Waals surface area contributed by atoms with Crippen molar-refractivity contribution < 1.29 is 13.6 Å². The van der Waals surface area contributed by atoms with Crippen LogP contribution in [0.1, 0.15) is 29.3 Å². The number of benzene rings is 1. The molecular formula is C9H6ClF2IO. The van der Waals surface area contributed by atoms with Gasteiger partial charge in [0.1, 0.15) is 0 Å². The van der Waals surface area contributed by atoms with E-state index in [2.05, 4.69) is 0 Å². The van der Waals surface area contributed by atoms with E-state index >= 15 is 0 Å². The Morgan fingerprint density at radius 1 is 1.50 bits per heavy atom. The fourth-order valence-corrected chi connectivity index (χ4v) is 1.80. The zero-order valence-electron chi connectivity index (χ0n) is 7.15. The van der Waals surface area contributed by atoms with Crippen molar-refractivity contribution in [2.24, 2.45) is 0 Å². The Kier molecular flexibility index (Phi) is 3.83. The average Bonchev–Trinajstić information content (AvgIpc) is 2.08. The molecule has 0 spiro atoms. The van der Waals surface area contributed by atoms with Gasteiger partial charge in [0, 0.05) is 14.7 Å². The van der Waals surface area contributed by atoms with Gasteiger partial charge in [0.05, 0.1) is 5.02 Å². The molecule has 0 aromatic heterocycles. The second-order valence-electron chi connectivity index (χ2n) is 2.68. The summed E-state index contributed by atoms with van der Waals surface area (Å²) in [7, 11) is 0. The fourth-order valence-electron chi connectivity index (χ4n) is 1.09. The highest BCUT2D eigenvalue weighted by Crippen LogP contribution is 2.33. The van der Waals surface area contributed by atoms with Gasteiger partial charge in [-0.1, -0.05) is 11.6 Å². The summed E-state index contributed by atoms with van der Waals surface area (Å²) in [6.07, 6.45) is -2.73. The first-order valence-electron chi connectivity index (χ1n) is 3.72. The zero-order chi connectivity index (χ0) is 10.9. The molecular weight excluding hydrogens is 324 g/mol. The van der Waals surface area contributed by atoms with Crippen molar-refractivity contribution in [1.82, 2.24) is 0 Å². The molecule has 1 aromatic rings. The highest BCUT2D eigenvalue weighted by Gasteiger charge is 2.21. The molecule has 5 heteroatoms. The molecule has 14 heavy (non-hydrogen) atoms. The van der Waals surface area contributed by atoms with Crippen LogP contribution in [-0.2, 0) is 0 Å². The third-order valence-electron chi connectivity index (χ3n) is 1.73. The lowest BCUT2D eigenvalue weighted by Gasteiger charge is -2.09. The maximum Gasteiger partial charge on any atom is 0.266 e. The predicted molar refractivity (Wildman–Crippen MR) is 59.1 cm³/mol. The quantitative estimate of drug-likeness (QED) is 0.590. The van der Waals surface area contributed by atoms with Crippen LogP contribution in [0, 0.1) is 3.57 Å². The van der Waals surface area contributed by atoms with Gasteiger partial charge in [0.25, 0.3) is 6.43 Å². The van der Waals surface area contributed by atoms with Gasteiger partial charge in [-0.05, 0) is 41.6 Å². The first-order valence-corrected chi connectivity index (χ1v) is 5.17. The van der Waals surface area contributed by atoms with Crippen molar-refractivity contribution in [1.29, 1.82) is 0 Å². The van der Waals surface area contributed by atoms with Gasteiger partial charge in [-0.3, -0.25) is 4.79 Å². The van der Waals surface area contributed by atoms with E-state index in [9.17, 15) is 13.6 Å². The number of ketones is 1. The first-order chi connectivity index (χ1) is 6.45. The molecule has 0 fully saturated rings. The molecule has 1 rings (SSSR count). The van der Waals surface area contributed by atoms with Crippen molar-refractivity contribution in [2.75, 3.05) is 0 Å². The van der Waals surface area contributed by atoms with Gasteiger partial charge < -0.3 is 0 Å². The molecule has 0 unspecified atom stereocenters. The average molecular weight is 330 g/mol. The van der Waals surface area contributed by atoms with Gasteiger partial charge in [0.2, 0.25) is 0 Å². The molecule has 0 saturated carbocycles. The van der Waals surface area contributed by atoms with Crippen LogP contribution in [0.2, 0.25) is 5.02 Å². The summed E-state index contributed by atoms with van der Waals surface area (Å²) in [5.41, 5.74) is -0.378. The van der Waals surface area contributed by atoms with Crippen LogP contribution in [0.15, 0.2) is 12.1 Å². The Bertz CT molecular complexity index is 379. The molecule has 0 N–H and O–H groups in total. The van der Waals surface area contributed by atoms with E-state index in [4.69, 9.17) is 11.6 Å². The molecule has 0 aliphatic heterocycles. The molecule has 76 valence electrons. The van der Waals surface area contributed by atoms with E-state index in [1.807, 2.05) is 22.6 Å². The molecule has 0 bridgehead atoms. The first kappa shape index (κ1) is 11.8. The smallest absolute Gasteiger partial charge is 0.266 e. The number of rotatable bonds is 2. The standard InChI is InChI=1S/C9H6ClF2IO/c1-4(14)5-2-3-6(13)8(10)7(5)9(11)12/h2-3,9H,1H3. The summed E-state index contributed by atoms with van der Waals surface area (Å²) in [6, 6.07) is 2.92. The summed E-state index contributed by atoms with van der Waals surface area (Å²) < 4.78 is 25.7. The van der Waals surface area contributed by atoms with Gasteiger partial charge in [-0.2, -0.15) is 0 Å². The minimum Gasteiger partial charge on any atom is -0.294 e. The Morgan fingerprint density at radius 3 is 2.50 bits per heavy atom. The van der Waals surface area contributed by atoms with Gasteiger partial charge >= 0.3 is 0 Å². The molecule has 1 aromatic carbocycles. The summed E-state index contributed by atoms with van der Waals surface area (Å²) in [5, 5.41) is -0.0340. The second kappa shape index (κ2) is 4.53. The minimum absolute atomic E-state index is 0.00887. The van der Waals surface area contributed by atoms with E-state index in [0.717, 1.165) is 0 Å². The highest BCUT2D eigenvalue weighted by atomic mass is 127. The predicted octanol–water partition coefficient (Wildman–Crippen LogP) is 4.08. The Balaban J connectivity index is 3.45. The van der Waals surface area contributed by atoms with E-state index < -0.39 is 12.2 Å². The molecule has 0 saturated heterocycles. The van der Waals surface area contributed by atoms with Gasteiger partial charge in [0.15, 0.2) is 5.78 Å². The third-order valence-corrected chi connectivity index (χ3v) is 3.36. The van der Waals surface area contributed by atoms with Crippen LogP contribution in [0.4, 0.5) is 8.78 Å². The van der Waals surface area contributed by atoms with Crippen LogP contribution in [0.5, 0.6) is 0 Å². The summed E-state index contributed by atoms with van der Waals surface area (Å²) in [6.45, 7) is 1.24. The summed E-state index contributed by atoms with van der Waals surface area (Å²) in [4.78, 5) is 11.0. The number of halogens is 4. The second-order valence-corrected chi connectivity index (χ2v) is 4.22. The van der Waals surface area contributed by atoms with Crippen LogP contribution in [0.3, 0.4) is 0 Å². The van der Waals surface area contributed by atoms with Crippen LogP contribution in [0.25, 0.3) is 0 Å². The lowest BCUT2D eigenvalue weighted by Crippen LogP contribution is -2.02. The Hall–Kier alpha value is -0.230. The van der Waals surface area contributed by atoms with Crippen LogP contribution >= 0.6 is 34.2 Å².